The van der Waals surface area contributed by atoms with Gasteiger partial charge in [-0.05, 0) is 37.1 Å². The first-order chi connectivity index (χ1) is 7.52. The lowest BCUT2D eigenvalue weighted by molar-refractivity contribution is 0.602. The second-order valence-electron chi connectivity index (χ2n) is 4.02. The van der Waals surface area contributed by atoms with Crippen molar-refractivity contribution in [2.24, 2.45) is 0 Å². The molecule has 1 heterocycles. The number of hydrogen-bond donors (Lipinski definition) is 1. The maximum absolute atomic E-state index is 11.4. The summed E-state index contributed by atoms with van der Waals surface area (Å²) in [7, 11) is -1.12. The van der Waals surface area contributed by atoms with Crippen molar-refractivity contribution in [3.63, 3.8) is 0 Å². The number of likely N-dealkylation sites (N-methyl/N-ethyl adjacent to an activating group) is 1. The fraction of sp³-hybridized carbons (Fsp3) is 0.455. The fourth-order valence-electron chi connectivity index (χ4n) is 1.88. The highest BCUT2D eigenvalue weighted by Crippen LogP contribution is 2.29. The van der Waals surface area contributed by atoms with Crippen molar-refractivity contribution in [3.05, 3.63) is 23.8 Å². The van der Waals surface area contributed by atoms with Crippen LogP contribution in [0.1, 0.15) is 12.5 Å². The van der Waals surface area contributed by atoms with Crippen LogP contribution in [-0.2, 0) is 16.4 Å². The van der Waals surface area contributed by atoms with Crippen molar-refractivity contribution in [1.29, 1.82) is 0 Å². The summed E-state index contributed by atoms with van der Waals surface area (Å²) in [5.74, 6) is 0.101. The molecule has 0 saturated heterocycles. The Morgan fingerprint density at radius 3 is 2.88 bits per heavy atom. The molecule has 5 heteroatoms. The van der Waals surface area contributed by atoms with Crippen LogP contribution in [0.4, 0.5) is 11.4 Å². The maximum atomic E-state index is 11.4. The van der Waals surface area contributed by atoms with E-state index in [1.54, 1.807) is 6.92 Å². The quantitative estimate of drug-likeness (QED) is 0.869. The van der Waals surface area contributed by atoms with Gasteiger partial charge in [-0.15, -0.1) is 0 Å². The minimum atomic E-state index is -3.17. The molecule has 0 radical (unpaired) electrons. The molecular weight excluding hydrogens is 224 g/mol. The summed E-state index contributed by atoms with van der Waals surface area (Å²) < 4.78 is 25.4. The van der Waals surface area contributed by atoms with E-state index in [0.29, 0.717) is 5.69 Å². The zero-order chi connectivity index (χ0) is 11.8. The van der Waals surface area contributed by atoms with Gasteiger partial charge in [0.15, 0.2) is 0 Å². The molecule has 0 unspecified atom stereocenters. The van der Waals surface area contributed by atoms with Crippen LogP contribution in [0.15, 0.2) is 18.2 Å². The normalized spacial score (nSPS) is 15.0. The molecule has 0 spiro atoms. The van der Waals surface area contributed by atoms with Crippen LogP contribution in [0.25, 0.3) is 0 Å². The van der Waals surface area contributed by atoms with Crippen LogP contribution in [0.3, 0.4) is 0 Å². The smallest absolute Gasteiger partial charge is 0.232 e. The first-order valence-corrected chi connectivity index (χ1v) is 7.01. The number of nitrogens with zero attached hydrogens (tertiary/aromatic N) is 1. The number of fused-ring (bicyclic) bond motifs is 1. The lowest BCUT2D eigenvalue weighted by atomic mass is 10.1. The Morgan fingerprint density at radius 1 is 1.44 bits per heavy atom. The van der Waals surface area contributed by atoms with E-state index < -0.39 is 10.0 Å². The molecule has 0 atom stereocenters. The van der Waals surface area contributed by atoms with E-state index in [2.05, 4.69) is 9.62 Å². The molecule has 0 amide bonds. The molecular formula is C11H16N2O2S. The third-order valence-electron chi connectivity index (χ3n) is 2.86. The molecule has 0 saturated carbocycles. The first kappa shape index (κ1) is 11.3. The van der Waals surface area contributed by atoms with Gasteiger partial charge in [0.25, 0.3) is 0 Å². The van der Waals surface area contributed by atoms with Gasteiger partial charge in [-0.3, -0.25) is 4.72 Å². The van der Waals surface area contributed by atoms with Gasteiger partial charge in [-0.25, -0.2) is 8.42 Å². The third kappa shape index (κ3) is 2.14. The third-order valence-corrected chi connectivity index (χ3v) is 4.17. The van der Waals surface area contributed by atoms with Crippen LogP contribution >= 0.6 is 0 Å². The Labute approximate surface area is 96.3 Å². The van der Waals surface area contributed by atoms with Gasteiger partial charge in [0.1, 0.15) is 0 Å². The molecule has 16 heavy (non-hydrogen) atoms. The zero-order valence-corrected chi connectivity index (χ0v) is 10.3. The number of sulfonamides is 1. The van der Waals surface area contributed by atoms with E-state index in [-0.39, 0.29) is 5.75 Å². The van der Waals surface area contributed by atoms with E-state index in [0.717, 1.165) is 13.0 Å². The minimum absolute atomic E-state index is 0.101. The number of nitrogens with one attached hydrogen (secondary N) is 1. The second-order valence-corrected chi connectivity index (χ2v) is 6.03. The van der Waals surface area contributed by atoms with E-state index in [9.17, 15) is 8.42 Å². The lowest BCUT2D eigenvalue weighted by Gasteiger charge is -2.12. The average molecular weight is 240 g/mol. The predicted octanol–water partition coefficient (Wildman–Crippen LogP) is 1.44. The fourth-order valence-corrected chi connectivity index (χ4v) is 2.51. The van der Waals surface area contributed by atoms with Crippen LogP contribution in [-0.4, -0.2) is 27.8 Å². The number of hydrogen-bond acceptors (Lipinski definition) is 3. The molecule has 4 nitrogen and oxygen atoms in total. The molecule has 2 rings (SSSR count). The van der Waals surface area contributed by atoms with Crippen LogP contribution < -0.4 is 9.62 Å². The molecule has 1 aromatic rings. The molecule has 1 aliphatic heterocycles. The van der Waals surface area contributed by atoms with Crippen molar-refractivity contribution < 1.29 is 8.42 Å². The van der Waals surface area contributed by atoms with Gasteiger partial charge in [0, 0.05) is 25.0 Å². The van der Waals surface area contributed by atoms with Gasteiger partial charge in [0.05, 0.1) is 5.75 Å². The molecule has 0 fully saturated rings. The summed E-state index contributed by atoms with van der Waals surface area (Å²) in [6.45, 7) is 2.63. The molecule has 88 valence electrons. The summed E-state index contributed by atoms with van der Waals surface area (Å²) in [5.41, 5.74) is 3.06. The van der Waals surface area contributed by atoms with Crippen molar-refractivity contribution in [3.8, 4) is 0 Å². The Balaban J connectivity index is 2.26. The second kappa shape index (κ2) is 3.97. The predicted molar refractivity (Wildman–Crippen MR) is 66.5 cm³/mol. The summed E-state index contributed by atoms with van der Waals surface area (Å²) >= 11 is 0. The Kier molecular flexibility index (Phi) is 2.80. The standard InChI is InChI=1S/C11H16N2O2S/c1-3-16(14,15)12-10-4-5-11-9(8-10)6-7-13(11)2/h4-5,8,12H,3,6-7H2,1-2H3. The van der Waals surface area contributed by atoms with Crippen molar-refractivity contribution >= 4 is 21.4 Å². The first-order valence-electron chi connectivity index (χ1n) is 5.36. The van der Waals surface area contributed by atoms with E-state index >= 15 is 0 Å². The van der Waals surface area contributed by atoms with Crippen LogP contribution in [0.5, 0.6) is 0 Å². The largest absolute Gasteiger partial charge is 0.374 e. The molecule has 1 N–H and O–H groups in total. The highest BCUT2D eigenvalue weighted by atomic mass is 32.2. The Hall–Kier alpha value is -1.23. The van der Waals surface area contributed by atoms with Gasteiger partial charge in [-0.2, -0.15) is 0 Å². The molecule has 1 aliphatic rings. The highest BCUT2D eigenvalue weighted by molar-refractivity contribution is 7.92. The van der Waals surface area contributed by atoms with Crippen molar-refractivity contribution in [2.45, 2.75) is 13.3 Å². The Morgan fingerprint density at radius 2 is 2.19 bits per heavy atom. The highest BCUT2D eigenvalue weighted by Gasteiger charge is 2.16. The SMILES string of the molecule is CCS(=O)(=O)Nc1ccc2c(c1)CCN2C. The number of rotatable bonds is 3. The summed E-state index contributed by atoms with van der Waals surface area (Å²) in [4.78, 5) is 2.17. The van der Waals surface area contributed by atoms with Crippen LogP contribution in [0.2, 0.25) is 0 Å². The van der Waals surface area contributed by atoms with Crippen molar-refractivity contribution in [2.75, 3.05) is 29.0 Å². The zero-order valence-electron chi connectivity index (χ0n) is 9.53. The molecule has 1 aromatic carbocycles. The number of benzene rings is 1. The van der Waals surface area contributed by atoms with Gasteiger partial charge in [-0.1, -0.05) is 0 Å². The van der Waals surface area contributed by atoms with Crippen molar-refractivity contribution in [1.82, 2.24) is 0 Å². The molecule has 0 bridgehead atoms. The monoisotopic (exact) mass is 240 g/mol. The Bertz CT molecular complexity index is 497. The van der Waals surface area contributed by atoms with Gasteiger partial charge < -0.3 is 4.90 Å². The van der Waals surface area contributed by atoms with Gasteiger partial charge >= 0.3 is 0 Å². The minimum Gasteiger partial charge on any atom is -0.374 e. The van der Waals surface area contributed by atoms with E-state index in [4.69, 9.17) is 0 Å². The average Bonchev–Trinajstić information content (AvgIpc) is 2.60. The maximum Gasteiger partial charge on any atom is 0.232 e. The van der Waals surface area contributed by atoms with Crippen LogP contribution in [0, 0.1) is 0 Å². The summed E-state index contributed by atoms with van der Waals surface area (Å²) in [6.07, 6.45) is 0.980. The molecule has 0 aliphatic carbocycles. The van der Waals surface area contributed by atoms with E-state index in [1.807, 2.05) is 25.2 Å². The topological polar surface area (TPSA) is 49.4 Å². The van der Waals surface area contributed by atoms with Gasteiger partial charge in [0.2, 0.25) is 10.0 Å². The lowest BCUT2D eigenvalue weighted by Crippen LogP contribution is -2.14. The summed E-state index contributed by atoms with van der Waals surface area (Å²) in [6, 6.07) is 5.70. The summed E-state index contributed by atoms with van der Waals surface area (Å²) in [5, 5.41) is 0. The number of anilines is 2. The van der Waals surface area contributed by atoms with E-state index in [1.165, 1.54) is 11.3 Å². The molecule has 0 aromatic heterocycles.